The third-order valence-electron chi connectivity index (χ3n) is 5.32. The lowest BCUT2D eigenvalue weighted by atomic mass is 9.83. The van der Waals surface area contributed by atoms with Crippen LogP contribution in [0.2, 0.25) is 0 Å². The van der Waals surface area contributed by atoms with E-state index in [1.54, 1.807) is 7.11 Å². The molecule has 1 aliphatic rings. The van der Waals surface area contributed by atoms with Gasteiger partial charge in [-0.3, -0.25) is 4.99 Å². The molecule has 0 aromatic heterocycles. The average molecular weight is 474 g/mol. The van der Waals surface area contributed by atoms with E-state index in [1.807, 2.05) is 7.05 Å². The second-order valence-electron chi connectivity index (χ2n) is 6.96. The summed E-state index contributed by atoms with van der Waals surface area (Å²) in [5.74, 6) is 0.891. The maximum Gasteiger partial charge on any atom is 0.191 e. The molecule has 3 N–H and O–H groups in total. The number of nitrogens with one attached hydrogen (secondary N) is 3. The van der Waals surface area contributed by atoms with Crippen molar-refractivity contribution in [2.75, 3.05) is 39.2 Å². The van der Waals surface area contributed by atoms with Crippen LogP contribution in [-0.4, -0.2) is 39.8 Å². The molecule has 1 aromatic carbocycles. The molecule has 0 spiro atoms. The van der Waals surface area contributed by atoms with E-state index in [-0.39, 0.29) is 24.0 Å². The molecule has 0 atom stereocenters. The second kappa shape index (κ2) is 12.4. The van der Waals surface area contributed by atoms with Crippen LogP contribution >= 0.6 is 24.0 Å². The molecule has 26 heavy (non-hydrogen) atoms. The molecule has 0 aliphatic heterocycles. The maximum absolute atomic E-state index is 5.05. The fourth-order valence-corrected chi connectivity index (χ4v) is 3.50. The SMILES string of the molecule is CCC1(CNC(=NC)NCc2ccc(NCCOC)cc2)CCCC1.I. The van der Waals surface area contributed by atoms with Crippen LogP contribution in [0, 0.1) is 5.41 Å². The number of ether oxygens (including phenoxy) is 1. The van der Waals surface area contributed by atoms with Gasteiger partial charge in [0.05, 0.1) is 6.61 Å². The van der Waals surface area contributed by atoms with Crippen molar-refractivity contribution in [3.8, 4) is 0 Å². The van der Waals surface area contributed by atoms with Crippen LogP contribution in [-0.2, 0) is 11.3 Å². The molecule has 0 saturated heterocycles. The molecule has 0 unspecified atom stereocenters. The Morgan fingerprint density at radius 3 is 2.42 bits per heavy atom. The van der Waals surface area contributed by atoms with Crippen LogP contribution < -0.4 is 16.0 Å². The molecule has 5 nitrogen and oxygen atoms in total. The highest BCUT2D eigenvalue weighted by molar-refractivity contribution is 14.0. The fourth-order valence-electron chi connectivity index (χ4n) is 3.50. The van der Waals surface area contributed by atoms with Crippen molar-refractivity contribution in [3.63, 3.8) is 0 Å². The summed E-state index contributed by atoms with van der Waals surface area (Å²) < 4.78 is 5.05. The molecule has 148 valence electrons. The van der Waals surface area contributed by atoms with E-state index >= 15 is 0 Å². The Hall–Kier alpha value is -1.02. The number of guanidine groups is 1. The molecular weight excluding hydrogens is 439 g/mol. The normalized spacial score (nSPS) is 16.0. The van der Waals surface area contributed by atoms with Gasteiger partial charge in [-0.2, -0.15) is 0 Å². The van der Waals surface area contributed by atoms with Crippen molar-refractivity contribution in [2.24, 2.45) is 10.4 Å². The third-order valence-corrected chi connectivity index (χ3v) is 5.32. The molecular formula is C20H35IN4O. The van der Waals surface area contributed by atoms with Crippen molar-refractivity contribution < 1.29 is 4.74 Å². The van der Waals surface area contributed by atoms with E-state index in [0.717, 1.165) is 31.3 Å². The van der Waals surface area contributed by atoms with Crippen LogP contribution in [0.15, 0.2) is 29.3 Å². The van der Waals surface area contributed by atoms with Gasteiger partial charge in [0.15, 0.2) is 5.96 Å². The van der Waals surface area contributed by atoms with Gasteiger partial charge in [0.1, 0.15) is 0 Å². The number of hydrogen-bond acceptors (Lipinski definition) is 3. The standard InChI is InChI=1S/C20H34N4O.HI/c1-4-20(11-5-6-12-20)16-24-19(21-2)23-15-17-7-9-18(10-8-17)22-13-14-25-3;/h7-10,22H,4-6,11-16H2,1-3H3,(H2,21,23,24);1H. The average Bonchev–Trinajstić information content (AvgIpc) is 3.13. The largest absolute Gasteiger partial charge is 0.383 e. The summed E-state index contributed by atoms with van der Waals surface area (Å²) >= 11 is 0. The van der Waals surface area contributed by atoms with Gasteiger partial charge in [-0.15, -0.1) is 24.0 Å². The minimum absolute atomic E-state index is 0. The van der Waals surface area contributed by atoms with Crippen molar-refractivity contribution >= 4 is 35.6 Å². The monoisotopic (exact) mass is 474 g/mol. The molecule has 1 aliphatic carbocycles. The van der Waals surface area contributed by atoms with Crippen molar-refractivity contribution in [2.45, 2.75) is 45.6 Å². The summed E-state index contributed by atoms with van der Waals surface area (Å²) in [6, 6.07) is 8.49. The van der Waals surface area contributed by atoms with Gasteiger partial charge >= 0.3 is 0 Å². The molecule has 1 saturated carbocycles. The molecule has 1 aromatic rings. The van der Waals surface area contributed by atoms with Gasteiger partial charge in [0, 0.05) is 39.5 Å². The van der Waals surface area contributed by atoms with E-state index in [9.17, 15) is 0 Å². The van der Waals surface area contributed by atoms with Crippen molar-refractivity contribution in [1.82, 2.24) is 10.6 Å². The van der Waals surface area contributed by atoms with Gasteiger partial charge in [-0.1, -0.05) is 31.9 Å². The van der Waals surface area contributed by atoms with Gasteiger partial charge in [0.25, 0.3) is 0 Å². The first kappa shape index (κ1) is 23.0. The van der Waals surface area contributed by atoms with Crippen LogP contribution in [0.5, 0.6) is 0 Å². The van der Waals surface area contributed by atoms with Crippen LogP contribution in [0.4, 0.5) is 5.69 Å². The van der Waals surface area contributed by atoms with E-state index in [1.165, 1.54) is 37.7 Å². The second-order valence-corrected chi connectivity index (χ2v) is 6.96. The van der Waals surface area contributed by atoms with Crippen molar-refractivity contribution in [3.05, 3.63) is 29.8 Å². The number of anilines is 1. The number of benzene rings is 1. The summed E-state index contributed by atoms with van der Waals surface area (Å²) in [6.45, 7) is 5.64. The first-order chi connectivity index (χ1) is 12.2. The zero-order valence-corrected chi connectivity index (χ0v) is 18.8. The van der Waals surface area contributed by atoms with Gasteiger partial charge in [0.2, 0.25) is 0 Å². The summed E-state index contributed by atoms with van der Waals surface area (Å²) in [4.78, 5) is 4.37. The maximum atomic E-state index is 5.05. The van der Waals surface area contributed by atoms with E-state index in [4.69, 9.17) is 4.74 Å². The van der Waals surface area contributed by atoms with Gasteiger partial charge in [-0.25, -0.2) is 0 Å². The first-order valence-electron chi connectivity index (χ1n) is 9.47. The number of halogens is 1. The molecule has 0 radical (unpaired) electrons. The van der Waals surface area contributed by atoms with Gasteiger partial charge in [-0.05, 0) is 42.4 Å². The fraction of sp³-hybridized carbons (Fsp3) is 0.650. The smallest absolute Gasteiger partial charge is 0.191 e. The molecule has 2 rings (SSSR count). The number of hydrogen-bond donors (Lipinski definition) is 3. The zero-order chi connectivity index (χ0) is 18.0. The molecule has 0 heterocycles. The Morgan fingerprint density at radius 1 is 1.15 bits per heavy atom. The number of nitrogens with zero attached hydrogens (tertiary/aromatic N) is 1. The number of rotatable bonds is 9. The highest BCUT2D eigenvalue weighted by Crippen LogP contribution is 2.40. The lowest BCUT2D eigenvalue weighted by Gasteiger charge is -2.28. The van der Waals surface area contributed by atoms with E-state index in [2.05, 4.69) is 52.1 Å². The molecule has 1 fully saturated rings. The molecule has 6 heteroatoms. The number of aliphatic imine (C=N–C) groups is 1. The summed E-state index contributed by atoms with van der Waals surface area (Å²) in [5, 5.41) is 10.3. The zero-order valence-electron chi connectivity index (χ0n) is 16.4. The predicted octanol–water partition coefficient (Wildman–Crippen LogP) is 4.00. The highest BCUT2D eigenvalue weighted by atomic mass is 127. The van der Waals surface area contributed by atoms with Crippen LogP contribution in [0.3, 0.4) is 0 Å². The van der Waals surface area contributed by atoms with E-state index < -0.39 is 0 Å². The molecule has 0 bridgehead atoms. The Balaban J connectivity index is 0.00000338. The summed E-state index contributed by atoms with van der Waals surface area (Å²) in [6.07, 6.45) is 6.66. The summed E-state index contributed by atoms with van der Waals surface area (Å²) in [5.41, 5.74) is 2.83. The minimum Gasteiger partial charge on any atom is -0.383 e. The predicted molar refractivity (Wildman–Crippen MR) is 122 cm³/mol. The molecule has 0 amide bonds. The Labute approximate surface area is 175 Å². The summed E-state index contributed by atoms with van der Waals surface area (Å²) in [7, 11) is 3.55. The third kappa shape index (κ3) is 7.31. The Morgan fingerprint density at radius 2 is 1.85 bits per heavy atom. The highest BCUT2D eigenvalue weighted by Gasteiger charge is 2.31. The lowest BCUT2D eigenvalue weighted by Crippen LogP contribution is -2.42. The van der Waals surface area contributed by atoms with Crippen LogP contribution in [0.1, 0.15) is 44.6 Å². The first-order valence-corrected chi connectivity index (χ1v) is 9.47. The van der Waals surface area contributed by atoms with Crippen molar-refractivity contribution in [1.29, 1.82) is 0 Å². The number of methoxy groups -OCH3 is 1. The van der Waals surface area contributed by atoms with E-state index in [0.29, 0.717) is 12.0 Å². The topological polar surface area (TPSA) is 57.7 Å². The lowest BCUT2D eigenvalue weighted by molar-refractivity contribution is 0.211. The Bertz CT molecular complexity index is 527. The Kier molecular flexibility index (Phi) is 11.0. The van der Waals surface area contributed by atoms with Gasteiger partial charge < -0.3 is 20.7 Å². The van der Waals surface area contributed by atoms with Crippen LogP contribution in [0.25, 0.3) is 0 Å². The quantitative estimate of drug-likeness (QED) is 0.219. The minimum atomic E-state index is 0.